The minimum atomic E-state index is -4.97. The van der Waals surface area contributed by atoms with E-state index in [9.17, 15) is 17.6 Å². The molecule has 2 rings (SSSR count). The summed E-state index contributed by atoms with van der Waals surface area (Å²) in [4.78, 5) is 3.53. The number of hydrogen-bond donors (Lipinski definition) is 0. The molecule has 0 radical (unpaired) electrons. The largest absolute Gasteiger partial charge is 0.573 e. The van der Waals surface area contributed by atoms with Gasteiger partial charge in [0.2, 0.25) is 0 Å². The van der Waals surface area contributed by atoms with Crippen molar-refractivity contribution in [3.63, 3.8) is 0 Å². The quantitative estimate of drug-likeness (QED) is 0.731. The maximum absolute atomic E-state index is 13.1. The van der Waals surface area contributed by atoms with Crippen LogP contribution in [-0.4, -0.2) is 11.3 Å². The Hall–Kier alpha value is -1.50. The van der Waals surface area contributed by atoms with Crippen LogP contribution in [0.3, 0.4) is 0 Å². The molecule has 86 valence electrons. The number of ether oxygens (including phenoxy) is 1. The van der Waals surface area contributed by atoms with Crippen molar-refractivity contribution in [3.8, 4) is 5.75 Å². The average molecular weight is 256 g/mol. The van der Waals surface area contributed by atoms with Gasteiger partial charge in [0.25, 0.3) is 5.35 Å². The van der Waals surface area contributed by atoms with E-state index in [1.165, 1.54) is 0 Å². The van der Waals surface area contributed by atoms with Crippen LogP contribution in [0.15, 0.2) is 16.5 Å². The van der Waals surface area contributed by atoms with Crippen LogP contribution in [0.1, 0.15) is 0 Å². The molecule has 0 aliphatic heterocycles. The third-order valence-electron chi connectivity index (χ3n) is 1.64. The lowest BCUT2D eigenvalue weighted by Gasteiger charge is -2.08. The Morgan fingerprint density at radius 1 is 1.31 bits per heavy atom. The van der Waals surface area contributed by atoms with Gasteiger partial charge >= 0.3 is 6.36 Å². The normalized spacial score (nSPS) is 12.1. The summed E-state index contributed by atoms with van der Waals surface area (Å²) < 4.78 is 56.9. The molecule has 1 aromatic heterocycles. The number of oxazole rings is 1. The van der Waals surface area contributed by atoms with Gasteiger partial charge < -0.3 is 9.15 Å². The summed E-state index contributed by atoms with van der Waals surface area (Å²) >= 11 is 5.36. The molecule has 0 atom stereocenters. The Balaban J connectivity index is 2.49. The van der Waals surface area contributed by atoms with Crippen molar-refractivity contribution in [2.75, 3.05) is 0 Å². The number of aromatic nitrogens is 1. The Bertz CT molecular complexity index is 537. The molecule has 0 amide bonds. The second-order valence-corrected chi connectivity index (χ2v) is 3.09. The van der Waals surface area contributed by atoms with Gasteiger partial charge in [-0.1, -0.05) is 0 Å². The summed E-state index contributed by atoms with van der Waals surface area (Å²) in [6.07, 6.45) is -4.97. The highest BCUT2D eigenvalue weighted by molar-refractivity contribution is 6.28. The van der Waals surface area contributed by atoms with Gasteiger partial charge in [0.1, 0.15) is 5.52 Å². The first-order valence-corrected chi connectivity index (χ1v) is 4.24. The van der Waals surface area contributed by atoms with Crippen LogP contribution in [0.5, 0.6) is 5.75 Å². The molecule has 2 aromatic rings. The Morgan fingerprint density at radius 2 is 2.00 bits per heavy atom. The summed E-state index contributed by atoms with van der Waals surface area (Å²) in [5.41, 5.74) is -0.0809. The molecule has 0 bridgehead atoms. The number of nitrogens with zero attached hydrogens (tertiary/aromatic N) is 1. The van der Waals surface area contributed by atoms with Gasteiger partial charge in [-0.2, -0.15) is 4.98 Å². The van der Waals surface area contributed by atoms with E-state index in [2.05, 4.69) is 9.72 Å². The molecule has 8 heteroatoms. The summed E-state index contributed by atoms with van der Waals surface area (Å²) in [6.45, 7) is 0. The molecule has 1 aromatic carbocycles. The van der Waals surface area contributed by atoms with Crippen molar-refractivity contribution < 1.29 is 26.7 Å². The summed E-state index contributed by atoms with van der Waals surface area (Å²) in [5.74, 6) is -2.19. The molecule has 0 N–H and O–H groups in total. The fraction of sp³-hybridized carbons (Fsp3) is 0.125. The predicted molar refractivity (Wildman–Crippen MR) is 45.7 cm³/mol. The van der Waals surface area contributed by atoms with Gasteiger partial charge in [-0.05, 0) is 11.6 Å². The molecule has 3 nitrogen and oxygen atoms in total. The lowest BCUT2D eigenvalue weighted by atomic mass is 10.3. The highest BCUT2D eigenvalue weighted by Crippen LogP contribution is 2.30. The summed E-state index contributed by atoms with van der Waals surface area (Å²) in [5, 5.41) is -0.293. The average Bonchev–Trinajstić information content (AvgIpc) is 2.42. The number of fused-ring (bicyclic) bond motifs is 1. The van der Waals surface area contributed by atoms with Crippen molar-refractivity contribution in [3.05, 3.63) is 23.3 Å². The van der Waals surface area contributed by atoms with Crippen LogP contribution in [-0.2, 0) is 0 Å². The summed E-state index contributed by atoms with van der Waals surface area (Å²) in [6, 6.07) is 1.48. The zero-order valence-corrected chi connectivity index (χ0v) is 8.06. The summed E-state index contributed by atoms with van der Waals surface area (Å²) in [7, 11) is 0. The molecule has 16 heavy (non-hydrogen) atoms. The lowest BCUT2D eigenvalue weighted by molar-refractivity contribution is -0.275. The number of hydrogen-bond acceptors (Lipinski definition) is 3. The van der Waals surface area contributed by atoms with Crippen molar-refractivity contribution in [1.29, 1.82) is 0 Å². The van der Waals surface area contributed by atoms with Crippen LogP contribution >= 0.6 is 11.6 Å². The highest BCUT2D eigenvalue weighted by atomic mass is 35.5. The molecular weight excluding hydrogens is 254 g/mol. The van der Waals surface area contributed by atoms with Crippen LogP contribution in [0.25, 0.3) is 11.1 Å². The molecular formula is C8H2ClF4NO2. The Kier molecular flexibility index (Phi) is 2.42. The van der Waals surface area contributed by atoms with Gasteiger partial charge in [0.05, 0.1) is 0 Å². The van der Waals surface area contributed by atoms with Gasteiger partial charge in [0, 0.05) is 12.1 Å². The Morgan fingerprint density at radius 3 is 2.62 bits per heavy atom. The fourth-order valence-corrected chi connectivity index (χ4v) is 1.28. The maximum Gasteiger partial charge on any atom is 0.573 e. The molecule has 0 saturated heterocycles. The van der Waals surface area contributed by atoms with Crippen LogP contribution < -0.4 is 4.74 Å². The number of rotatable bonds is 1. The molecule has 0 aliphatic carbocycles. The van der Waals surface area contributed by atoms with E-state index in [1.54, 1.807) is 0 Å². The third kappa shape index (κ3) is 2.19. The fourth-order valence-electron chi connectivity index (χ4n) is 1.10. The van der Waals surface area contributed by atoms with Crippen molar-refractivity contribution in [1.82, 2.24) is 4.98 Å². The van der Waals surface area contributed by atoms with Crippen molar-refractivity contribution in [2.24, 2.45) is 0 Å². The molecule has 1 heterocycles. The van der Waals surface area contributed by atoms with E-state index < -0.39 is 17.9 Å². The second kappa shape index (κ2) is 3.51. The zero-order chi connectivity index (χ0) is 11.9. The number of halogens is 5. The van der Waals surface area contributed by atoms with Crippen molar-refractivity contribution in [2.45, 2.75) is 6.36 Å². The van der Waals surface area contributed by atoms with Gasteiger partial charge in [0.15, 0.2) is 17.1 Å². The topological polar surface area (TPSA) is 35.3 Å². The van der Waals surface area contributed by atoms with Crippen LogP contribution in [0.2, 0.25) is 5.35 Å². The Labute approximate surface area is 90.6 Å². The predicted octanol–water partition coefficient (Wildman–Crippen LogP) is 3.52. The first kappa shape index (κ1) is 11.0. The van der Waals surface area contributed by atoms with E-state index in [1.807, 2.05) is 0 Å². The van der Waals surface area contributed by atoms with E-state index in [-0.39, 0.29) is 16.4 Å². The number of alkyl halides is 3. The lowest BCUT2D eigenvalue weighted by Crippen LogP contribution is -2.17. The maximum atomic E-state index is 13.1. The van der Waals surface area contributed by atoms with Gasteiger partial charge in [-0.25, -0.2) is 4.39 Å². The standard InChI is InChI=1S/C8H2ClF4NO2/c9-7-14-4-2-5(16-8(11,12)13)3(10)1-6(4)15-7/h1-2H. The molecule has 0 aliphatic rings. The highest BCUT2D eigenvalue weighted by Gasteiger charge is 2.32. The first-order valence-electron chi connectivity index (χ1n) is 3.86. The van der Waals surface area contributed by atoms with Crippen LogP contribution in [0, 0.1) is 5.82 Å². The first-order chi connectivity index (χ1) is 7.35. The molecule has 0 fully saturated rings. The van der Waals surface area contributed by atoms with E-state index in [4.69, 9.17) is 16.0 Å². The molecule has 0 saturated carbocycles. The SMILES string of the molecule is Fc1cc2oc(Cl)nc2cc1OC(F)(F)F. The zero-order valence-electron chi connectivity index (χ0n) is 7.31. The van der Waals surface area contributed by atoms with E-state index in [0.717, 1.165) is 12.1 Å². The van der Waals surface area contributed by atoms with Gasteiger partial charge in [-0.15, -0.1) is 13.2 Å². The monoisotopic (exact) mass is 255 g/mol. The minimum Gasteiger partial charge on any atom is -0.427 e. The molecule has 0 spiro atoms. The molecule has 0 unspecified atom stereocenters. The minimum absolute atomic E-state index is 0.0225. The van der Waals surface area contributed by atoms with Crippen molar-refractivity contribution >= 4 is 22.7 Å². The third-order valence-corrected chi connectivity index (χ3v) is 1.80. The smallest absolute Gasteiger partial charge is 0.427 e. The van der Waals surface area contributed by atoms with E-state index >= 15 is 0 Å². The second-order valence-electron chi connectivity index (χ2n) is 2.76. The number of benzene rings is 1. The van der Waals surface area contributed by atoms with Crippen LogP contribution in [0.4, 0.5) is 17.6 Å². The van der Waals surface area contributed by atoms with Gasteiger partial charge in [-0.3, -0.25) is 0 Å². The van der Waals surface area contributed by atoms with E-state index in [0.29, 0.717) is 0 Å².